The van der Waals surface area contributed by atoms with Crippen molar-refractivity contribution in [2.75, 3.05) is 0 Å². The van der Waals surface area contributed by atoms with Crippen molar-refractivity contribution >= 4 is 10.4 Å². The summed E-state index contributed by atoms with van der Waals surface area (Å²) < 4.78 is 31.6. The van der Waals surface area contributed by atoms with Crippen LogP contribution in [0.2, 0.25) is 0 Å². The van der Waals surface area contributed by atoms with Crippen LogP contribution in [-0.2, 0) is 16.8 Å². The third-order valence-corrected chi connectivity index (χ3v) is 5.21. The lowest BCUT2D eigenvalue weighted by Crippen LogP contribution is -2.40. The van der Waals surface area contributed by atoms with Crippen molar-refractivity contribution in [1.29, 1.82) is 0 Å². The third kappa shape index (κ3) is 9.87. The van der Waals surface area contributed by atoms with Crippen LogP contribution >= 0.6 is 0 Å². The molecule has 6 nitrogen and oxygen atoms in total. The van der Waals surface area contributed by atoms with Crippen molar-refractivity contribution in [2.24, 2.45) is 0 Å². The quantitative estimate of drug-likeness (QED) is 0.476. The molecule has 1 aromatic carbocycles. The van der Waals surface area contributed by atoms with Crippen LogP contribution in [0.15, 0.2) is 12.1 Å². The number of aromatic hydroxyl groups is 1. The number of rotatable bonds is 7. The van der Waals surface area contributed by atoms with Crippen LogP contribution in [0.25, 0.3) is 0 Å². The Morgan fingerprint density at radius 1 is 1.14 bits per heavy atom. The van der Waals surface area contributed by atoms with Crippen LogP contribution in [0.4, 0.5) is 0 Å². The summed E-state index contributed by atoms with van der Waals surface area (Å²) in [6.07, 6.45) is 10.4. The second-order valence-corrected chi connectivity index (χ2v) is 9.04. The summed E-state index contributed by atoms with van der Waals surface area (Å²) in [5, 5.41) is 14.2. The van der Waals surface area contributed by atoms with Gasteiger partial charge in [0, 0.05) is 12.1 Å². The van der Waals surface area contributed by atoms with E-state index in [1.54, 1.807) is 0 Å². The van der Waals surface area contributed by atoms with Crippen LogP contribution in [0.3, 0.4) is 0 Å². The summed E-state index contributed by atoms with van der Waals surface area (Å²) in [7, 11) is -4.67. The van der Waals surface area contributed by atoms with Crippen LogP contribution in [0, 0.1) is 6.92 Å². The normalized spacial score (nSPS) is 16.5. The minimum Gasteiger partial charge on any atom is -0.507 e. The van der Waals surface area contributed by atoms with E-state index in [1.807, 2.05) is 6.92 Å². The summed E-state index contributed by atoms with van der Waals surface area (Å²) in [5.41, 5.74) is 3.47. The van der Waals surface area contributed by atoms with Crippen molar-refractivity contribution in [2.45, 2.75) is 97.1 Å². The van der Waals surface area contributed by atoms with E-state index >= 15 is 0 Å². The van der Waals surface area contributed by atoms with Crippen LogP contribution < -0.4 is 5.32 Å². The number of nitrogens with one attached hydrogen (secondary N) is 1. The standard InChI is InChI=1S/C21H35NO.H2O4S/c1-5-9-19(22-18-10-7-6-8-11-18)13-17-12-16(4)21(23)20(14-17)15(2)3;1-5(2,3)4/h12,14-15,18-19,22-23H,5-11,13H2,1-4H3;(H2,1,2,3,4). The van der Waals surface area contributed by atoms with Crippen LogP contribution in [0.1, 0.15) is 88.3 Å². The Morgan fingerprint density at radius 2 is 1.71 bits per heavy atom. The molecule has 1 aliphatic rings. The third-order valence-electron chi connectivity index (χ3n) is 5.21. The Balaban J connectivity index is 0.000000696. The first-order valence-electron chi connectivity index (χ1n) is 10.3. The van der Waals surface area contributed by atoms with E-state index in [2.05, 4.69) is 38.2 Å². The number of phenolic OH excluding ortho intramolecular Hbond substituents is 1. The highest BCUT2D eigenvalue weighted by molar-refractivity contribution is 7.79. The molecular formula is C21H37NO5S. The molecule has 2 rings (SSSR count). The fourth-order valence-corrected chi connectivity index (χ4v) is 3.92. The molecule has 1 aliphatic carbocycles. The molecular weight excluding hydrogens is 378 g/mol. The zero-order chi connectivity index (χ0) is 21.3. The molecule has 0 amide bonds. The van der Waals surface area contributed by atoms with Crippen LogP contribution in [0.5, 0.6) is 5.75 Å². The van der Waals surface area contributed by atoms with Crippen molar-refractivity contribution in [1.82, 2.24) is 5.32 Å². The van der Waals surface area contributed by atoms with Crippen molar-refractivity contribution in [3.05, 3.63) is 28.8 Å². The Bertz CT molecular complexity index is 689. The number of phenols is 1. The molecule has 4 N–H and O–H groups in total. The van der Waals surface area contributed by atoms with Gasteiger partial charge in [-0.25, -0.2) is 0 Å². The molecule has 0 aromatic heterocycles. The first kappa shape index (κ1) is 24.9. The largest absolute Gasteiger partial charge is 0.507 e. The van der Waals surface area contributed by atoms with Gasteiger partial charge in [0.2, 0.25) is 0 Å². The molecule has 162 valence electrons. The molecule has 28 heavy (non-hydrogen) atoms. The molecule has 0 heterocycles. The van der Waals surface area contributed by atoms with E-state index in [9.17, 15) is 5.11 Å². The van der Waals surface area contributed by atoms with Gasteiger partial charge in [0.05, 0.1) is 0 Å². The van der Waals surface area contributed by atoms with Gasteiger partial charge in [0.25, 0.3) is 0 Å². The van der Waals surface area contributed by atoms with Gasteiger partial charge in [-0.3, -0.25) is 9.11 Å². The molecule has 1 atom stereocenters. The predicted octanol–water partition coefficient (Wildman–Crippen LogP) is 4.80. The van der Waals surface area contributed by atoms with Gasteiger partial charge in [-0.2, -0.15) is 8.42 Å². The van der Waals surface area contributed by atoms with Crippen molar-refractivity contribution in [3.8, 4) is 5.75 Å². The molecule has 1 unspecified atom stereocenters. The average molecular weight is 416 g/mol. The molecule has 0 bridgehead atoms. The van der Waals surface area contributed by atoms with Gasteiger partial charge in [-0.1, -0.05) is 58.6 Å². The smallest absolute Gasteiger partial charge is 0.394 e. The highest BCUT2D eigenvalue weighted by Crippen LogP contribution is 2.31. The zero-order valence-electron chi connectivity index (χ0n) is 17.6. The molecule has 0 aliphatic heterocycles. The predicted molar refractivity (Wildman–Crippen MR) is 114 cm³/mol. The van der Waals surface area contributed by atoms with Gasteiger partial charge in [-0.05, 0) is 55.2 Å². The van der Waals surface area contributed by atoms with Crippen LogP contribution in [-0.4, -0.2) is 34.7 Å². The highest BCUT2D eigenvalue weighted by atomic mass is 32.3. The van der Waals surface area contributed by atoms with E-state index in [-0.39, 0.29) is 0 Å². The lowest BCUT2D eigenvalue weighted by Gasteiger charge is -2.29. The van der Waals surface area contributed by atoms with E-state index in [4.69, 9.17) is 17.5 Å². The Labute approximate surface area is 170 Å². The van der Waals surface area contributed by atoms with Gasteiger partial charge in [0.1, 0.15) is 5.75 Å². The summed E-state index contributed by atoms with van der Waals surface area (Å²) >= 11 is 0. The molecule has 1 aromatic rings. The lowest BCUT2D eigenvalue weighted by molar-refractivity contribution is 0.324. The zero-order valence-corrected chi connectivity index (χ0v) is 18.4. The fourth-order valence-electron chi connectivity index (χ4n) is 3.92. The Hall–Kier alpha value is -1.15. The van der Waals surface area contributed by atoms with E-state index in [0.717, 1.165) is 17.5 Å². The number of benzene rings is 1. The highest BCUT2D eigenvalue weighted by Gasteiger charge is 2.19. The van der Waals surface area contributed by atoms with Gasteiger partial charge in [0.15, 0.2) is 0 Å². The summed E-state index contributed by atoms with van der Waals surface area (Å²) in [6.45, 7) is 8.61. The maximum atomic E-state index is 10.3. The number of aryl methyl sites for hydroxylation is 1. The maximum absolute atomic E-state index is 10.3. The SMILES string of the molecule is CCCC(Cc1cc(C)c(O)c(C(C)C)c1)NC1CCCCC1.O=S(=O)(O)O. The second kappa shape index (κ2) is 11.8. The number of hydrogen-bond donors (Lipinski definition) is 4. The fraction of sp³-hybridized carbons (Fsp3) is 0.714. The average Bonchev–Trinajstić information content (AvgIpc) is 2.57. The molecule has 1 saturated carbocycles. The van der Waals surface area contributed by atoms with Gasteiger partial charge in [-0.15, -0.1) is 0 Å². The minimum absolute atomic E-state index is 0.365. The van der Waals surface area contributed by atoms with E-state index < -0.39 is 10.4 Å². The first-order chi connectivity index (χ1) is 13.0. The topological polar surface area (TPSA) is 107 Å². The Kier molecular flexibility index (Phi) is 10.4. The minimum atomic E-state index is -4.67. The van der Waals surface area contributed by atoms with Crippen molar-refractivity contribution in [3.63, 3.8) is 0 Å². The molecule has 0 spiro atoms. The maximum Gasteiger partial charge on any atom is 0.394 e. The number of hydrogen-bond acceptors (Lipinski definition) is 4. The molecule has 0 radical (unpaired) electrons. The van der Waals surface area contributed by atoms with E-state index in [0.29, 0.717) is 23.8 Å². The molecule has 1 fully saturated rings. The first-order valence-corrected chi connectivity index (χ1v) is 11.7. The Morgan fingerprint density at radius 3 is 2.21 bits per heavy atom. The lowest BCUT2D eigenvalue weighted by atomic mass is 9.91. The van der Waals surface area contributed by atoms with Crippen molar-refractivity contribution < 1.29 is 22.6 Å². The molecule has 0 saturated heterocycles. The summed E-state index contributed by atoms with van der Waals surface area (Å²) in [5.74, 6) is 0.848. The second-order valence-electron chi connectivity index (χ2n) is 8.14. The monoisotopic (exact) mass is 415 g/mol. The van der Waals surface area contributed by atoms with Gasteiger partial charge >= 0.3 is 10.4 Å². The van der Waals surface area contributed by atoms with E-state index in [1.165, 1.54) is 50.5 Å². The molecule has 7 heteroatoms. The summed E-state index contributed by atoms with van der Waals surface area (Å²) in [4.78, 5) is 0. The van der Waals surface area contributed by atoms with Gasteiger partial charge < -0.3 is 10.4 Å². The summed E-state index contributed by atoms with van der Waals surface area (Å²) in [6, 6.07) is 5.67.